The van der Waals surface area contributed by atoms with Crippen molar-refractivity contribution < 1.29 is 18.0 Å². The highest BCUT2D eigenvalue weighted by Gasteiger charge is 2.33. The van der Waals surface area contributed by atoms with Crippen molar-refractivity contribution in [3.8, 4) is 0 Å². The lowest BCUT2D eigenvalue weighted by molar-refractivity contribution is -0.135. The van der Waals surface area contributed by atoms with Crippen molar-refractivity contribution in [1.29, 1.82) is 0 Å². The van der Waals surface area contributed by atoms with E-state index < -0.39 is 16.1 Å². The maximum atomic E-state index is 13.1. The normalized spacial score (nSPS) is 15.6. The fourth-order valence-corrected chi connectivity index (χ4v) is 4.72. The molecule has 0 saturated carbocycles. The first-order valence-corrected chi connectivity index (χ1v) is 11.7. The van der Waals surface area contributed by atoms with Gasteiger partial charge in [-0.15, -0.1) is 0 Å². The lowest BCUT2D eigenvalue weighted by Gasteiger charge is -2.37. The fourth-order valence-electron chi connectivity index (χ4n) is 3.36. The number of piperazine rings is 1. The lowest BCUT2D eigenvalue weighted by atomic mass is 10.0. The predicted molar refractivity (Wildman–Crippen MR) is 119 cm³/mol. The van der Waals surface area contributed by atoms with Crippen LogP contribution in [0.4, 0.5) is 10.5 Å². The number of sulfonamides is 1. The number of benzene rings is 2. The van der Waals surface area contributed by atoms with Crippen LogP contribution in [-0.2, 0) is 14.8 Å². The minimum Gasteiger partial charge on any atom is -0.338 e. The van der Waals surface area contributed by atoms with Gasteiger partial charge in [0.2, 0.25) is 15.9 Å². The average molecular weight is 445 g/mol. The quantitative estimate of drug-likeness (QED) is 0.715. The van der Waals surface area contributed by atoms with Gasteiger partial charge in [0.1, 0.15) is 6.04 Å². The molecule has 0 aromatic heterocycles. The number of urea groups is 1. The maximum Gasteiger partial charge on any atom is 0.321 e. The van der Waals surface area contributed by atoms with Crippen LogP contribution in [0, 0.1) is 5.92 Å². The van der Waals surface area contributed by atoms with E-state index in [0.717, 1.165) is 0 Å². The molecule has 0 aliphatic carbocycles. The van der Waals surface area contributed by atoms with Crippen molar-refractivity contribution in [2.75, 3.05) is 31.5 Å². The summed E-state index contributed by atoms with van der Waals surface area (Å²) >= 11 is 0. The number of nitrogens with zero attached hydrogens (tertiary/aromatic N) is 2. The first kappa shape index (κ1) is 22.8. The van der Waals surface area contributed by atoms with Crippen LogP contribution in [0.1, 0.15) is 13.8 Å². The highest BCUT2D eigenvalue weighted by molar-refractivity contribution is 7.89. The number of hydrogen-bond acceptors (Lipinski definition) is 4. The number of anilines is 1. The summed E-state index contributed by atoms with van der Waals surface area (Å²) in [6, 6.07) is 16.1. The molecule has 0 unspecified atom stereocenters. The molecule has 1 aliphatic rings. The standard InChI is InChI=1S/C22H28N4O4S/c1-17(2)20(24-31(29,30)19-11-7-4-8-12-19)21(27)25-13-15-26(16-14-25)22(28)23-18-9-5-3-6-10-18/h3-12,17,20,24H,13-16H2,1-2H3,(H,23,28)/t20-/m1/s1. The molecular formula is C22H28N4O4S. The zero-order chi connectivity index (χ0) is 22.4. The third-order valence-corrected chi connectivity index (χ3v) is 6.63. The second-order valence-electron chi connectivity index (χ2n) is 7.76. The summed E-state index contributed by atoms with van der Waals surface area (Å²) < 4.78 is 28.0. The molecule has 3 rings (SSSR count). The van der Waals surface area contributed by atoms with Crippen LogP contribution in [0.3, 0.4) is 0 Å². The van der Waals surface area contributed by atoms with Gasteiger partial charge in [0.05, 0.1) is 4.90 Å². The number of carbonyl (C=O) groups is 2. The number of para-hydroxylation sites is 1. The Hall–Kier alpha value is -2.91. The molecule has 1 aliphatic heterocycles. The van der Waals surface area contributed by atoms with Gasteiger partial charge >= 0.3 is 6.03 Å². The lowest BCUT2D eigenvalue weighted by Crippen LogP contribution is -2.57. The van der Waals surface area contributed by atoms with E-state index >= 15 is 0 Å². The third kappa shape index (κ3) is 5.83. The molecule has 2 N–H and O–H groups in total. The summed E-state index contributed by atoms with van der Waals surface area (Å²) in [5.41, 5.74) is 0.709. The van der Waals surface area contributed by atoms with E-state index in [1.807, 2.05) is 30.3 Å². The molecule has 9 heteroatoms. The smallest absolute Gasteiger partial charge is 0.321 e. The molecule has 2 aromatic carbocycles. The largest absolute Gasteiger partial charge is 0.338 e. The molecule has 1 atom stereocenters. The van der Waals surface area contributed by atoms with Gasteiger partial charge in [-0.1, -0.05) is 50.2 Å². The SMILES string of the molecule is CC(C)[C@@H](NS(=O)(=O)c1ccccc1)C(=O)N1CCN(C(=O)Nc2ccccc2)CC1. The van der Waals surface area contributed by atoms with Crippen molar-refractivity contribution in [2.45, 2.75) is 24.8 Å². The predicted octanol–water partition coefficient (Wildman–Crippen LogP) is 2.37. The number of nitrogens with one attached hydrogen (secondary N) is 2. The van der Waals surface area contributed by atoms with Crippen molar-refractivity contribution in [2.24, 2.45) is 5.92 Å². The zero-order valence-electron chi connectivity index (χ0n) is 17.7. The molecule has 2 aromatic rings. The van der Waals surface area contributed by atoms with Crippen molar-refractivity contribution in [1.82, 2.24) is 14.5 Å². The van der Waals surface area contributed by atoms with E-state index in [-0.39, 0.29) is 22.8 Å². The van der Waals surface area contributed by atoms with E-state index in [9.17, 15) is 18.0 Å². The Morgan fingerprint density at radius 3 is 1.90 bits per heavy atom. The number of carbonyl (C=O) groups excluding carboxylic acids is 2. The number of hydrogen-bond donors (Lipinski definition) is 2. The summed E-state index contributed by atoms with van der Waals surface area (Å²) in [5, 5.41) is 2.84. The van der Waals surface area contributed by atoms with Gasteiger partial charge in [0.25, 0.3) is 0 Å². The number of rotatable bonds is 6. The van der Waals surface area contributed by atoms with E-state index in [0.29, 0.717) is 31.9 Å². The molecule has 31 heavy (non-hydrogen) atoms. The first-order valence-electron chi connectivity index (χ1n) is 10.2. The molecule has 0 spiro atoms. The van der Waals surface area contributed by atoms with Crippen LogP contribution >= 0.6 is 0 Å². The van der Waals surface area contributed by atoms with Crippen molar-refractivity contribution >= 4 is 27.6 Å². The van der Waals surface area contributed by atoms with Crippen LogP contribution in [0.5, 0.6) is 0 Å². The Morgan fingerprint density at radius 1 is 0.839 bits per heavy atom. The molecule has 0 bridgehead atoms. The van der Waals surface area contributed by atoms with Crippen molar-refractivity contribution in [3.05, 3.63) is 60.7 Å². The van der Waals surface area contributed by atoms with Gasteiger partial charge in [0.15, 0.2) is 0 Å². The molecular weight excluding hydrogens is 416 g/mol. The van der Waals surface area contributed by atoms with Gasteiger partial charge in [-0.05, 0) is 30.2 Å². The van der Waals surface area contributed by atoms with Gasteiger partial charge in [0, 0.05) is 31.9 Å². The minimum absolute atomic E-state index is 0.121. The van der Waals surface area contributed by atoms with Gasteiger partial charge in [-0.2, -0.15) is 4.72 Å². The van der Waals surface area contributed by atoms with Crippen molar-refractivity contribution in [3.63, 3.8) is 0 Å². The monoisotopic (exact) mass is 444 g/mol. The van der Waals surface area contributed by atoms with Gasteiger partial charge < -0.3 is 15.1 Å². The molecule has 3 amide bonds. The first-order chi connectivity index (χ1) is 14.8. The topological polar surface area (TPSA) is 98.8 Å². The zero-order valence-corrected chi connectivity index (χ0v) is 18.5. The summed E-state index contributed by atoms with van der Waals surface area (Å²) in [5.74, 6) is -0.511. The van der Waals surface area contributed by atoms with Crippen LogP contribution in [-0.4, -0.2) is 62.4 Å². The summed E-state index contributed by atoms with van der Waals surface area (Å²) in [7, 11) is -3.82. The van der Waals surface area contributed by atoms with E-state index in [1.54, 1.807) is 41.8 Å². The molecule has 166 valence electrons. The van der Waals surface area contributed by atoms with Crippen LogP contribution < -0.4 is 10.0 Å². The summed E-state index contributed by atoms with van der Waals surface area (Å²) in [4.78, 5) is 28.9. The van der Waals surface area contributed by atoms with Crippen LogP contribution in [0.25, 0.3) is 0 Å². The number of amides is 3. The van der Waals surface area contributed by atoms with Crippen LogP contribution in [0.2, 0.25) is 0 Å². The van der Waals surface area contributed by atoms with Gasteiger partial charge in [-0.25, -0.2) is 13.2 Å². The van der Waals surface area contributed by atoms with Gasteiger partial charge in [-0.3, -0.25) is 4.79 Å². The second kappa shape index (κ2) is 9.93. The highest BCUT2D eigenvalue weighted by Crippen LogP contribution is 2.15. The summed E-state index contributed by atoms with van der Waals surface area (Å²) in [6.07, 6.45) is 0. The Kier molecular flexibility index (Phi) is 7.29. The highest BCUT2D eigenvalue weighted by atomic mass is 32.2. The Labute approximate surface area is 183 Å². The maximum absolute atomic E-state index is 13.1. The molecule has 1 heterocycles. The molecule has 8 nitrogen and oxygen atoms in total. The molecule has 1 fully saturated rings. The summed E-state index contributed by atoms with van der Waals surface area (Å²) in [6.45, 7) is 5.05. The Balaban J connectivity index is 1.60. The molecule has 0 radical (unpaired) electrons. The third-order valence-electron chi connectivity index (χ3n) is 5.17. The average Bonchev–Trinajstić information content (AvgIpc) is 2.78. The fraction of sp³-hybridized carbons (Fsp3) is 0.364. The minimum atomic E-state index is -3.82. The second-order valence-corrected chi connectivity index (χ2v) is 9.48. The van der Waals surface area contributed by atoms with E-state index in [2.05, 4.69) is 10.0 Å². The Bertz CT molecular complexity index is 989. The van der Waals surface area contributed by atoms with E-state index in [4.69, 9.17) is 0 Å². The van der Waals surface area contributed by atoms with E-state index in [1.165, 1.54) is 12.1 Å². The Morgan fingerprint density at radius 2 is 1.35 bits per heavy atom. The molecule has 1 saturated heterocycles. The van der Waals surface area contributed by atoms with Crippen LogP contribution in [0.15, 0.2) is 65.6 Å².